The second kappa shape index (κ2) is 5.83. The van der Waals surface area contributed by atoms with Crippen molar-refractivity contribution in [2.75, 3.05) is 38.2 Å². The third-order valence-corrected chi connectivity index (χ3v) is 5.77. The van der Waals surface area contributed by atoms with Crippen LogP contribution < -0.4 is 15.3 Å². The van der Waals surface area contributed by atoms with Crippen LogP contribution in [-0.2, 0) is 0 Å². The molecule has 1 atom stereocenters. The molecule has 0 bridgehead atoms. The minimum absolute atomic E-state index is 0.210. The molecule has 4 rings (SSSR count). The summed E-state index contributed by atoms with van der Waals surface area (Å²) in [5.41, 5.74) is 0.780. The average molecular weight is 444 g/mol. The Morgan fingerprint density at radius 1 is 1.42 bits per heavy atom. The van der Waals surface area contributed by atoms with E-state index < -0.39 is 0 Å². The van der Waals surface area contributed by atoms with E-state index in [2.05, 4.69) is 21.8 Å². The topological polar surface area (TPSA) is 50.6 Å². The Labute approximate surface area is 152 Å². The number of likely N-dealkylation sites (N-methyl/N-ethyl adjacent to an activating group) is 1. The standard InChI is InChI=1S/C16H18FIN4O2/c1-9-7-11-12-14(13(9)17)24-6-3-10-8-20(2)4-5-21(10)15(12)19-16(23)22(11)18/h7,10H,3-6,8H2,1-2H3. The van der Waals surface area contributed by atoms with Crippen molar-refractivity contribution in [1.29, 1.82) is 0 Å². The predicted octanol–water partition coefficient (Wildman–Crippen LogP) is 1.95. The van der Waals surface area contributed by atoms with Crippen LogP contribution >= 0.6 is 22.9 Å². The summed E-state index contributed by atoms with van der Waals surface area (Å²) >= 11 is 1.92. The molecule has 0 N–H and O–H groups in total. The van der Waals surface area contributed by atoms with Gasteiger partial charge in [-0.25, -0.2) is 12.0 Å². The monoisotopic (exact) mass is 444 g/mol. The van der Waals surface area contributed by atoms with Crippen LogP contribution in [0.4, 0.5) is 10.2 Å². The molecule has 0 saturated carbocycles. The zero-order valence-corrected chi connectivity index (χ0v) is 15.7. The number of hydrogen-bond donors (Lipinski definition) is 0. The summed E-state index contributed by atoms with van der Waals surface area (Å²) < 4.78 is 22.0. The van der Waals surface area contributed by atoms with Gasteiger partial charge >= 0.3 is 5.69 Å². The minimum atomic E-state index is -0.367. The van der Waals surface area contributed by atoms with Crippen LogP contribution in [0.15, 0.2) is 10.9 Å². The first-order chi connectivity index (χ1) is 11.5. The quantitative estimate of drug-likeness (QED) is 0.582. The number of halogens is 2. The average Bonchev–Trinajstić information content (AvgIpc) is 2.53. The van der Waals surface area contributed by atoms with Crippen molar-refractivity contribution in [3.8, 4) is 5.75 Å². The minimum Gasteiger partial charge on any atom is -0.490 e. The van der Waals surface area contributed by atoms with E-state index in [0.717, 1.165) is 26.1 Å². The number of hydrogen-bond acceptors (Lipinski definition) is 5. The van der Waals surface area contributed by atoms with E-state index in [1.54, 1.807) is 13.0 Å². The first kappa shape index (κ1) is 16.1. The molecule has 2 aliphatic rings. The molecule has 1 aromatic carbocycles. The molecular formula is C16H18FIN4O2. The van der Waals surface area contributed by atoms with Gasteiger partial charge in [0.1, 0.15) is 5.82 Å². The number of piperazine rings is 1. The molecule has 0 aliphatic carbocycles. The zero-order valence-electron chi connectivity index (χ0n) is 13.6. The Morgan fingerprint density at radius 2 is 2.21 bits per heavy atom. The van der Waals surface area contributed by atoms with Gasteiger partial charge in [-0.2, -0.15) is 4.98 Å². The highest BCUT2D eigenvalue weighted by Gasteiger charge is 2.32. The lowest BCUT2D eigenvalue weighted by molar-refractivity contribution is 0.222. The molecule has 1 saturated heterocycles. The highest BCUT2D eigenvalue weighted by molar-refractivity contribution is 14.1. The third kappa shape index (κ3) is 2.38. The van der Waals surface area contributed by atoms with Crippen molar-refractivity contribution in [3.05, 3.63) is 27.9 Å². The van der Waals surface area contributed by atoms with Crippen molar-refractivity contribution >= 4 is 39.6 Å². The first-order valence-corrected chi connectivity index (χ1v) is 8.94. The molecule has 24 heavy (non-hydrogen) atoms. The fraction of sp³-hybridized carbons (Fsp3) is 0.500. The third-order valence-electron chi connectivity index (χ3n) is 4.84. The molecule has 3 heterocycles. The molecule has 0 radical (unpaired) electrons. The largest absolute Gasteiger partial charge is 0.490 e. The lowest BCUT2D eigenvalue weighted by Gasteiger charge is -2.42. The molecule has 128 valence electrons. The van der Waals surface area contributed by atoms with Gasteiger partial charge in [-0.3, -0.25) is 0 Å². The summed E-state index contributed by atoms with van der Waals surface area (Å²) in [6, 6.07) is 1.91. The summed E-state index contributed by atoms with van der Waals surface area (Å²) in [5, 5.41) is 0.598. The van der Waals surface area contributed by atoms with Crippen LogP contribution in [0.2, 0.25) is 0 Å². The van der Waals surface area contributed by atoms with Gasteiger partial charge in [0, 0.05) is 32.1 Å². The number of benzene rings is 1. The molecule has 6 nitrogen and oxygen atoms in total. The number of fused-ring (bicyclic) bond motifs is 2. The van der Waals surface area contributed by atoms with E-state index in [-0.39, 0.29) is 23.3 Å². The lowest BCUT2D eigenvalue weighted by Crippen LogP contribution is -2.53. The van der Waals surface area contributed by atoms with Crippen LogP contribution in [0.25, 0.3) is 10.9 Å². The number of ether oxygens (including phenoxy) is 1. The number of aryl methyl sites for hydroxylation is 1. The second-order valence-electron chi connectivity index (χ2n) is 6.48. The summed E-state index contributed by atoms with van der Waals surface area (Å²) in [5.74, 6) is 0.401. The summed E-state index contributed by atoms with van der Waals surface area (Å²) in [4.78, 5) is 21.0. The molecule has 2 aliphatic heterocycles. The van der Waals surface area contributed by atoms with E-state index in [0.29, 0.717) is 28.9 Å². The van der Waals surface area contributed by atoms with Crippen molar-refractivity contribution in [2.45, 2.75) is 19.4 Å². The maximum absolute atomic E-state index is 14.7. The van der Waals surface area contributed by atoms with E-state index in [1.807, 2.05) is 22.9 Å². The maximum atomic E-state index is 14.7. The van der Waals surface area contributed by atoms with E-state index >= 15 is 0 Å². The van der Waals surface area contributed by atoms with Gasteiger partial charge in [-0.15, -0.1) is 0 Å². The Morgan fingerprint density at radius 3 is 3.00 bits per heavy atom. The molecule has 2 aromatic rings. The SMILES string of the molecule is Cc1cc2c3c(nc(=O)n2I)N2CCN(C)CC2CCOc3c1F. The predicted molar refractivity (Wildman–Crippen MR) is 98.9 cm³/mol. The van der Waals surface area contributed by atoms with Gasteiger partial charge in [0.05, 0.1) is 40.4 Å². The number of nitrogens with zero attached hydrogens (tertiary/aromatic N) is 4. The smallest absolute Gasteiger partial charge is 0.359 e. The molecule has 8 heteroatoms. The first-order valence-electron chi connectivity index (χ1n) is 7.97. The zero-order chi connectivity index (χ0) is 17.0. The second-order valence-corrected chi connectivity index (χ2v) is 7.44. The van der Waals surface area contributed by atoms with Crippen molar-refractivity contribution < 1.29 is 9.13 Å². The van der Waals surface area contributed by atoms with E-state index in [9.17, 15) is 9.18 Å². The highest BCUT2D eigenvalue weighted by Crippen LogP contribution is 2.39. The van der Waals surface area contributed by atoms with Gasteiger partial charge in [0.2, 0.25) is 0 Å². The summed E-state index contributed by atoms with van der Waals surface area (Å²) in [7, 11) is 2.08. The molecule has 0 spiro atoms. The van der Waals surface area contributed by atoms with E-state index in [1.165, 1.54) is 2.78 Å². The van der Waals surface area contributed by atoms with Crippen molar-refractivity contribution in [2.24, 2.45) is 0 Å². The highest BCUT2D eigenvalue weighted by atomic mass is 127. The van der Waals surface area contributed by atoms with Crippen LogP contribution in [-0.4, -0.2) is 52.0 Å². The Kier molecular flexibility index (Phi) is 3.91. The number of rotatable bonds is 0. The molecule has 1 unspecified atom stereocenters. The number of aromatic nitrogens is 2. The maximum Gasteiger partial charge on any atom is 0.359 e. The summed E-state index contributed by atoms with van der Waals surface area (Å²) in [6.45, 7) is 4.67. The molecular weight excluding hydrogens is 426 g/mol. The van der Waals surface area contributed by atoms with Gasteiger partial charge in [-0.1, -0.05) is 0 Å². The van der Waals surface area contributed by atoms with Crippen molar-refractivity contribution in [1.82, 2.24) is 12.7 Å². The van der Waals surface area contributed by atoms with Gasteiger partial charge in [0.15, 0.2) is 11.6 Å². The summed E-state index contributed by atoms with van der Waals surface area (Å²) in [6.07, 6.45) is 0.771. The van der Waals surface area contributed by atoms with Gasteiger partial charge in [-0.05, 0) is 25.6 Å². The molecule has 1 aromatic heterocycles. The Hall–Kier alpha value is -1.42. The fourth-order valence-electron chi connectivity index (χ4n) is 3.59. The van der Waals surface area contributed by atoms with E-state index in [4.69, 9.17) is 4.74 Å². The van der Waals surface area contributed by atoms with Crippen LogP contribution in [0.3, 0.4) is 0 Å². The van der Waals surface area contributed by atoms with Crippen LogP contribution in [0.5, 0.6) is 5.75 Å². The van der Waals surface area contributed by atoms with Crippen LogP contribution in [0.1, 0.15) is 12.0 Å². The Balaban J connectivity index is 2.06. The Bertz CT molecular complexity index is 885. The lowest BCUT2D eigenvalue weighted by atomic mass is 10.0. The van der Waals surface area contributed by atoms with Gasteiger partial charge in [0.25, 0.3) is 0 Å². The number of anilines is 1. The van der Waals surface area contributed by atoms with Gasteiger partial charge < -0.3 is 14.5 Å². The normalized spacial score (nSPS) is 21.2. The molecule has 0 amide bonds. The fourth-order valence-corrected chi connectivity index (χ4v) is 4.08. The van der Waals surface area contributed by atoms with Crippen molar-refractivity contribution in [3.63, 3.8) is 0 Å². The molecule has 1 fully saturated rings. The van der Waals surface area contributed by atoms with Crippen LogP contribution in [0, 0.1) is 12.7 Å².